The molecule has 1 N–H and O–H groups in total. The quantitative estimate of drug-likeness (QED) is 0.577. The molecule has 106 valence electrons. The van der Waals surface area contributed by atoms with E-state index >= 15 is 0 Å². The van der Waals surface area contributed by atoms with Gasteiger partial charge in [-0.05, 0) is 38.5 Å². The molecule has 0 atom stereocenters. The Labute approximate surface area is 116 Å². The van der Waals surface area contributed by atoms with Crippen LogP contribution in [-0.4, -0.2) is 25.4 Å². The van der Waals surface area contributed by atoms with Crippen molar-refractivity contribution in [3.05, 3.63) is 42.5 Å². The first kappa shape index (κ1) is 15.7. The van der Waals surface area contributed by atoms with Crippen LogP contribution in [0.2, 0.25) is 0 Å². The van der Waals surface area contributed by atoms with Crippen LogP contribution in [0.3, 0.4) is 0 Å². The highest BCUT2D eigenvalue weighted by atomic mass is 16.5. The van der Waals surface area contributed by atoms with Gasteiger partial charge in [0.2, 0.25) is 0 Å². The Bertz CT molecular complexity index is 365. The van der Waals surface area contributed by atoms with Gasteiger partial charge in [0.25, 0.3) is 0 Å². The maximum Gasteiger partial charge on any atom is 0.119 e. The van der Waals surface area contributed by atoms with Gasteiger partial charge >= 0.3 is 0 Å². The van der Waals surface area contributed by atoms with E-state index in [1.54, 1.807) is 6.08 Å². The van der Waals surface area contributed by atoms with E-state index in [0.717, 1.165) is 12.3 Å². The Morgan fingerprint density at radius 1 is 1.16 bits per heavy atom. The van der Waals surface area contributed by atoms with Gasteiger partial charge in [-0.15, -0.1) is 6.58 Å². The average Bonchev–Trinajstić information content (AvgIpc) is 2.37. The van der Waals surface area contributed by atoms with Gasteiger partial charge in [0.05, 0.1) is 13.2 Å². The number of ether oxygens (including phenoxy) is 2. The van der Waals surface area contributed by atoms with E-state index < -0.39 is 0 Å². The number of rotatable bonds is 8. The van der Waals surface area contributed by atoms with Gasteiger partial charge in [-0.1, -0.05) is 18.2 Å². The van der Waals surface area contributed by atoms with Crippen LogP contribution < -0.4 is 10.1 Å². The molecule has 3 nitrogen and oxygen atoms in total. The summed E-state index contributed by atoms with van der Waals surface area (Å²) < 4.78 is 10.8. The molecule has 1 aromatic carbocycles. The fraction of sp³-hybridized carbons (Fsp3) is 0.500. The molecule has 0 heterocycles. The second-order valence-corrected chi connectivity index (χ2v) is 5.46. The molecule has 0 aliphatic carbocycles. The van der Waals surface area contributed by atoms with E-state index in [0.29, 0.717) is 19.8 Å². The van der Waals surface area contributed by atoms with Gasteiger partial charge in [0.1, 0.15) is 12.4 Å². The van der Waals surface area contributed by atoms with Crippen LogP contribution in [-0.2, 0) is 11.3 Å². The fourth-order valence-corrected chi connectivity index (χ4v) is 1.46. The lowest BCUT2D eigenvalue weighted by Crippen LogP contribution is -2.35. The van der Waals surface area contributed by atoms with Crippen molar-refractivity contribution in [2.75, 3.05) is 19.8 Å². The summed E-state index contributed by atoms with van der Waals surface area (Å²) in [6, 6.07) is 8.15. The molecule has 0 saturated heterocycles. The first-order valence-corrected chi connectivity index (χ1v) is 6.67. The second-order valence-electron chi connectivity index (χ2n) is 5.46. The Kier molecular flexibility index (Phi) is 6.60. The number of hydrogen-bond donors (Lipinski definition) is 1. The number of nitrogens with one attached hydrogen (secondary N) is 1. The Balaban J connectivity index is 2.29. The number of hydrogen-bond acceptors (Lipinski definition) is 3. The molecule has 0 saturated carbocycles. The SMILES string of the molecule is C=CCOCCOc1ccc(CNC(C)(C)C)cc1. The zero-order valence-corrected chi connectivity index (χ0v) is 12.2. The molecule has 0 bridgehead atoms. The van der Waals surface area contributed by atoms with Gasteiger partial charge in [0, 0.05) is 12.1 Å². The highest BCUT2D eigenvalue weighted by molar-refractivity contribution is 5.27. The summed E-state index contributed by atoms with van der Waals surface area (Å²) >= 11 is 0. The van der Waals surface area contributed by atoms with Crippen molar-refractivity contribution in [2.24, 2.45) is 0 Å². The largest absolute Gasteiger partial charge is 0.491 e. The smallest absolute Gasteiger partial charge is 0.119 e. The van der Waals surface area contributed by atoms with Crippen molar-refractivity contribution in [3.8, 4) is 5.75 Å². The molecule has 0 aromatic heterocycles. The van der Waals surface area contributed by atoms with Crippen LogP contribution >= 0.6 is 0 Å². The van der Waals surface area contributed by atoms with Crippen LogP contribution in [0.25, 0.3) is 0 Å². The minimum absolute atomic E-state index is 0.137. The molecule has 3 heteroatoms. The van der Waals surface area contributed by atoms with Crippen molar-refractivity contribution in [1.29, 1.82) is 0 Å². The normalized spacial score (nSPS) is 11.3. The van der Waals surface area contributed by atoms with Crippen LogP contribution in [0.15, 0.2) is 36.9 Å². The Hall–Kier alpha value is -1.32. The lowest BCUT2D eigenvalue weighted by Gasteiger charge is -2.20. The number of benzene rings is 1. The maximum absolute atomic E-state index is 5.57. The minimum atomic E-state index is 0.137. The van der Waals surface area contributed by atoms with Gasteiger partial charge in [-0.2, -0.15) is 0 Å². The Morgan fingerprint density at radius 2 is 1.84 bits per heavy atom. The first-order valence-electron chi connectivity index (χ1n) is 6.67. The molecule has 0 aliphatic rings. The molecule has 0 spiro atoms. The lowest BCUT2D eigenvalue weighted by atomic mass is 10.1. The van der Waals surface area contributed by atoms with E-state index in [4.69, 9.17) is 9.47 Å². The summed E-state index contributed by atoms with van der Waals surface area (Å²) in [6.07, 6.45) is 1.73. The summed E-state index contributed by atoms with van der Waals surface area (Å²) in [4.78, 5) is 0. The average molecular weight is 263 g/mol. The Morgan fingerprint density at radius 3 is 2.42 bits per heavy atom. The molecule has 0 radical (unpaired) electrons. The summed E-state index contributed by atoms with van der Waals surface area (Å²) in [5.74, 6) is 0.877. The molecule has 0 aliphatic heterocycles. The molecule has 0 unspecified atom stereocenters. The molecule has 0 amide bonds. The van der Waals surface area contributed by atoms with E-state index in [9.17, 15) is 0 Å². The summed E-state index contributed by atoms with van der Waals surface area (Å²) in [6.45, 7) is 12.7. The van der Waals surface area contributed by atoms with E-state index in [-0.39, 0.29) is 5.54 Å². The molecule has 19 heavy (non-hydrogen) atoms. The van der Waals surface area contributed by atoms with Crippen molar-refractivity contribution in [1.82, 2.24) is 5.32 Å². The van der Waals surface area contributed by atoms with Crippen LogP contribution in [0.1, 0.15) is 26.3 Å². The lowest BCUT2D eigenvalue weighted by molar-refractivity contribution is 0.121. The highest BCUT2D eigenvalue weighted by Crippen LogP contribution is 2.12. The van der Waals surface area contributed by atoms with Crippen LogP contribution in [0.4, 0.5) is 0 Å². The van der Waals surface area contributed by atoms with Gasteiger partial charge < -0.3 is 14.8 Å². The predicted molar refractivity (Wildman–Crippen MR) is 79.5 cm³/mol. The monoisotopic (exact) mass is 263 g/mol. The van der Waals surface area contributed by atoms with E-state index in [1.807, 2.05) is 12.1 Å². The second kappa shape index (κ2) is 7.97. The van der Waals surface area contributed by atoms with Gasteiger partial charge in [-0.25, -0.2) is 0 Å². The third-order valence-electron chi connectivity index (χ3n) is 2.48. The van der Waals surface area contributed by atoms with Gasteiger partial charge in [0.15, 0.2) is 0 Å². The third-order valence-corrected chi connectivity index (χ3v) is 2.48. The van der Waals surface area contributed by atoms with E-state index in [1.165, 1.54) is 5.56 Å². The van der Waals surface area contributed by atoms with Crippen molar-refractivity contribution >= 4 is 0 Å². The van der Waals surface area contributed by atoms with E-state index in [2.05, 4.69) is 44.8 Å². The third kappa shape index (κ3) is 7.65. The molecular weight excluding hydrogens is 238 g/mol. The fourth-order valence-electron chi connectivity index (χ4n) is 1.46. The van der Waals surface area contributed by atoms with Crippen molar-refractivity contribution in [2.45, 2.75) is 32.9 Å². The minimum Gasteiger partial charge on any atom is -0.491 e. The molecular formula is C16H25NO2. The van der Waals surface area contributed by atoms with Crippen LogP contribution in [0, 0.1) is 0 Å². The summed E-state index contributed by atoms with van der Waals surface area (Å²) in [7, 11) is 0. The van der Waals surface area contributed by atoms with Crippen molar-refractivity contribution < 1.29 is 9.47 Å². The summed E-state index contributed by atoms with van der Waals surface area (Å²) in [5.41, 5.74) is 1.39. The van der Waals surface area contributed by atoms with Crippen molar-refractivity contribution in [3.63, 3.8) is 0 Å². The highest BCUT2D eigenvalue weighted by Gasteiger charge is 2.08. The maximum atomic E-state index is 5.57. The predicted octanol–water partition coefficient (Wildman–Crippen LogP) is 3.16. The van der Waals surface area contributed by atoms with Gasteiger partial charge in [-0.3, -0.25) is 0 Å². The summed E-state index contributed by atoms with van der Waals surface area (Å²) in [5, 5.41) is 3.45. The molecule has 1 aromatic rings. The first-order chi connectivity index (χ1) is 9.01. The van der Waals surface area contributed by atoms with Crippen LogP contribution in [0.5, 0.6) is 5.75 Å². The molecule has 0 fully saturated rings. The standard InChI is InChI=1S/C16H25NO2/c1-5-10-18-11-12-19-15-8-6-14(7-9-15)13-17-16(2,3)4/h5-9,17H,1,10-13H2,2-4H3. The zero-order chi connectivity index (χ0) is 14.1. The zero-order valence-electron chi connectivity index (χ0n) is 12.2. The topological polar surface area (TPSA) is 30.5 Å². The molecule has 1 rings (SSSR count).